The molecule has 5 nitrogen and oxygen atoms in total. The maximum atomic E-state index is 13.8. The van der Waals surface area contributed by atoms with Gasteiger partial charge in [-0.3, -0.25) is 14.9 Å². The maximum Gasteiger partial charge on any atom is 0.305 e. The number of carbonyl (C=O) groups excluding carboxylic acids is 1. The van der Waals surface area contributed by atoms with E-state index in [1.54, 1.807) is 0 Å². The molecule has 0 unspecified atom stereocenters. The van der Waals surface area contributed by atoms with E-state index in [4.69, 9.17) is 0 Å². The Balaban J connectivity index is 2.20. The first kappa shape index (κ1) is 14.4. The van der Waals surface area contributed by atoms with Gasteiger partial charge in [0.05, 0.1) is 4.92 Å². The van der Waals surface area contributed by atoms with Crippen LogP contribution in [0.1, 0.15) is 36.5 Å². The minimum Gasteiger partial charge on any atom is -0.351 e. The van der Waals surface area contributed by atoms with Crippen LogP contribution in [0.25, 0.3) is 0 Å². The van der Waals surface area contributed by atoms with Crippen molar-refractivity contribution in [2.75, 3.05) is 6.54 Å². The summed E-state index contributed by atoms with van der Waals surface area (Å²) in [5, 5.41) is 13.0. The van der Waals surface area contributed by atoms with Crippen molar-refractivity contribution in [3.63, 3.8) is 0 Å². The van der Waals surface area contributed by atoms with E-state index in [0.717, 1.165) is 25.3 Å². The SMILES string of the molecule is CC1(CNC(=O)c2c(F)ccc([N+](=O)[O-])c2F)CCC1. The van der Waals surface area contributed by atoms with Gasteiger partial charge in [-0.05, 0) is 24.3 Å². The topological polar surface area (TPSA) is 72.2 Å². The summed E-state index contributed by atoms with van der Waals surface area (Å²) in [5.41, 5.74) is -1.86. The molecule has 0 saturated heterocycles. The third-order valence-corrected chi connectivity index (χ3v) is 3.73. The molecule has 1 N–H and O–H groups in total. The van der Waals surface area contributed by atoms with Gasteiger partial charge in [0.2, 0.25) is 5.82 Å². The first-order valence-electron chi connectivity index (χ1n) is 6.25. The second-order valence-corrected chi connectivity index (χ2v) is 5.36. The van der Waals surface area contributed by atoms with Gasteiger partial charge in [-0.25, -0.2) is 4.39 Å². The van der Waals surface area contributed by atoms with Gasteiger partial charge >= 0.3 is 5.69 Å². The summed E-state index contributed by atoms with van der Waals surface area (Å²) >= 11 is 0. The molecule has 108 valence electrons. The molecule has 0 aromatic heterocycles. The number of hydrogen-bond donors (Lipinski definition) is 1. The molecule has 20 heavy (non-hydrogen) atoms. The molecule has 1 saturated carbocycles. The molecule has 1 amide bonds. The Hall–Kier alpha value is -2.05. The fraction of sp³-hybridized carbons (Fsp3) is 0.462. The van der Waals surface area contributed by atoms with E-state index in [0.29, 0.717) is 12.6 Å². The van der Waals surface area contributed by atoms with Gasteiger partial charge in [-0.15, -0.1) is 0 Å². The quantitative estimate of drug-likeness (QED) is 0.682. The Bertz CT molecular complexity index is 571. The van der Waals surface area contributed by atoms with Crippen LogP contribution in [0.15, 0.2) is 12.1 Å². The number of nitrogens with zero attached hydrogens (tertiary/aromatic N) is 1. The summed E-state index contributed by atoms with van der Waals surface area (Å²) in [4.78, 5) is 21.4. The standard InChI is InChI=1S/C13H14F2N2O3/c1-13(5-2-6-13)7-16-12(18)10-8(14)3-4-9(11(10)15)17(19)20/h3-4H,2,5-7H2,1H3,(H,16,18). The summed E-state index contributed by atoms with van der Waals surface area (Å²) in [6.45, 7) is 2.27. The van der Waals surface area contributed by atoms with Crippen LogP contribution >= 0.6 is 0 Å². The highest BCUT2D eigenvalue weighted by molar-refractivity contribution is 5.95. The average molecular weight is 284 g/mol. The van der Waals surface area contributed by atoms with Crippen molar-refractivity contribution >= 4 is 11.6 Å². The Labute approximate surface area is 114 Å². The molecule has 1 aromatic rings. The minimum absolute atomic E-state index is 0.0523. The van der Waals surface area contributed by atoms with E-state index in [-0.39, 0.29) is 5.41 Å². The lowest BCUT2D eigenvalue weighted by Gasteiger charge is -2.38. The van der Waals surface area contributed by atoms with Crippen molar-refractivity contribution in [2.45, 2.75) is 26.2 Å². The monoisotopic (exact) mass is 284 g/mol. The molecule has 0 bridgehead atoms. The van der Waals surface area contributed by atoms with Crippen LogP contribution in [-0.4, -0.2) is 17.4 Å². The van der Waals surface area contributed by atoms with Gasteiger partial charge in [0.25, 0.3) is 5.91 Å². The van der Waals surface area contributed by atoms with E-state index >= 15 is 0 Å². The van der Waals surface area contributed by atoms with Crippen molar-refractivity contribution in [2.24, 2.45) is 5.41 Å². The van der Waals surface area contributed by atoms with Gasteiger partial charge in [0.15, 0.2) is 0 Å². The van der Waals surface area contributed by atoms with E-state index in [9.17, 15) is 23.7 Å². The van der Waals surface area contributed by atoms with E-state index in [2.05, 4.69) is 5.32 Å². The van der Waals surface area contributed by atoms with Gasteiger partial charge < -0.3 is 5.32 Å². The smallest absolute Gasteiger partial charge is 0.305 e. The third-order valence-electron chi connectivity index (χ3n) is 3.73. The van der Waals surface area contributed by atoms with E-state index in [1.807, 2.05) is 6.92 Å². The highest BCUT2D eigenvalue weighted by Gasteiger charge is 2.33. The first-order chi connectivity index (χ1) is 9.34. The van der Waals surface area contributed by atoms with Crippen LogP contribution in [0.4, 0.5) is 14.5 Å². The Morgan fingerprint density at radius 1 is 1.45 bits per heavy atom. The van der Waals surface area contributed by atoms with Gasteiger partial charge in [0, 0.05) is 12.6 Å². The van der Waals surface area contributed by atoms with Crippen molar-refractivity contribution < 1.29 is 18.5 Å². The van der Waals surface area contributed by atoms with Gasteiger partial charge in [-0.2, -0.15) is 4.39 Å². The zero-order valence-electron chi connectivity index (χ0n) is 10.9. The molecular formula is C13H14F2N2O3. The molecule has 2 rings (SSSR count). The number of amides is 1. The van der Waals surface area contributed by atoms with Crippen LogP contribution in [-0.2, 0) is 0 Å². The zero-order valence-corrected chi connectivity index (χ0v) is 10.9. The number of nitro benzene ring substituents is 1. The number of halogens is 2. The number of nitro groups is 1. The lowest BCUT2D eigenvalue weighted by Crippen LogP contribution is -2.40. The number of hydrogen-bond acceptors (Lipinski definition) is 3. The molecule has 0 aliphatic heterocycles. The zero-order chi connectivity index (χ0) is 14.9. The molecule has 1 aromatic carbocycles. The molecule has 1 aliphatic rings. The van der Waals surface area contributed by atoms with Crippen LogP contribution in [0, 0.1) is 27.2 Å². The predicted molar refractivity (Wildman–Crippen MR) is 67.3 cm³/mol. The minimum atomic E-state index is -1.44. The van der Waals surface area contributed by atoms with E-state index < -0.39 is 33.7 Å². The number of carbonyl (C=O) groups is 1. The third kappa shape index (κ3) is 2.61. The first-order valence-corrected chi connectivity index (χ1v) is 6.25. The van der Waals surface area contributed by atoms with Crippen LogP contribution < -0.4 is 5.32 Å². The maximum absolute atomic E-state index is 13.8. The fourth-order valence-corrected chi connectivity index (χ4v) is 2.23. The lowest BCUT2D eigenvalue weighted by molar-refractivity contribution is -0.387. The molecule has 1 fully saturated rings. The second-order valence-electron chi connectivity index (χ2n) is 5.36. The normalized spacial score (nSPS) is 16.4. The Morgan fingerprint density at radius 3 is 2.60 bits per heavy atom. The van der Waals surface area contributed by atoms with Crippen LogP contribution in [0.3, 0.4) is 0 Å². The number of nitrogens with one attached hydrogen (secondary N) is 1. The number of rotatable bonds is 4. The Kier molecular flexibility index (Phi) is 3.69. The molecule has 0 spiro atoms. The molecule has 0 atom stereocenters. The van der Waals surface area contributed by atoms with Crippen molar-refractivity contribution in [1.29, 1.82) is 0 Å². The van der Waals surface area contributed by atoms with Crippen molar-refractivity contribution in [3.05, 3.63) is 39.4 Å². The predicted octanol–water partition coefficient (Wildman–Crippen LogP) is 2.79. The van der Waals surface area contributed by atoms with Gasteiger partial charge in [-0.1, -0.05) is 13.3 Å². The van der Waals surface area contributed by atoms with Crippen molar-refractivity contribution in [1.82, 2.24) is 5.32 Å². The fourth-order valence-electron chi connectivity index (χ4n) is 2.23. The van der Waals surface area contributed by atoms with Crippen LogP contribution in [0.5, 0.6) is 0 Å². The van der Waals surface area contributed by atoms with E-state index in [1.165, 1.54) is 0 Å². The molecule has 0 heterocycles. The molecule has 1 aliphatic carbocycles. The molecule has 7 heteroatoms. The summed E-state index contributed by atoms with van der Waals surface area (Å²) in [6, 6.07) is 1.43. The van der Waals surface area contributed by atoms with Crippen molar-refractivity contribution in [3.8, 4) is 0 Å². The second kappa shape index (κ2) is 5.15. The lowest BCUT2D eigenvalue weighted by atomic mass is 9.70. The highest BCUT2D eigenvalue weighted by atomic mass is 19.1. The average Bonchev–Trinajstić information content (AvgIpc) is 2.33. The molecular weight excluding hydrogens is 270 g/mol. The molecule has 0 radical (unpaired) electrons. The highest BCUT2D eigenvalue weighted by Crippen LogP contribution is 2.39. The van der Waals surface area contributed by atoms with Crippen LogP contribution in [0.2, 0.25) is 0 Å². The Morgan fingerprint density at radius 2 is 2.10 bits per heavy atom. The summed E-state index contributed by atoms with van der Waals surface area (Å²) in [6.07, 6.45) is 2.94. The number of benzene rings is 1. The summed E-state index contributed by atoms with van der Waals surface area (Å²) < 4.78 is 27.3. The summed E-state index contributed by atoms with van der Waals surface area (Å²) in [7, 11) is 0. The largest absolute Gasteiger partial charge is 0.351 e. The van der Waals surface area contributed by atoms with Gasteiger partial charge in [0.1, 0.15) is 11.4 Å². The summed E-state index contributed by atoms with van der Waals surface area (Å²) in [5.74, 6) is -3.51.